The molecule has 1 amide bonds. The summed E-state index contributed by atoms with van der Waals surface area (Å²) in [6.07, 6.45) is 0.713. The molecular weight excluding hydrogens is 428 g/mol. The number of carbonyl (C=O) groups excluding carboxylic acids is 1. The molecule has 174 valence electrons. The number of aromatic nitrogens is 1. The van der Waals surface area contributed by atoms with Crippen LogP contribution in [0.4, 0.5) is 14.7 Å². The van der Waals surface area contributed by atoms with E-state index in [1.165, 1.54) is 30.3 Å². The summed E-state index contributed by atoms with van der Waals surface area (Å²) in [6.45, 7) is 6.54. The number of amides is 1. The summed E-state index contributed by atoms with van der Waals surface area (Å²) in [7, 11) is 0. The lowest BCUT2D eigenvalue weighted by Crippen LogP contribution is -2.39. The Hall–Kier alpha value is -3.26. The highest BCUT2D eigenvalue weighted by atomic mass is 19.1. The van der Waals surface area contributed by atoms with Crippen LogP contribution in [0.2, 0.25) is 0 Å². The van der Waals surface area contributed by atoms with Crippen molar-refractivity contribution in [3.63, 3.8) is 0 Å². The highest BCUT2D eigenvalue weighted by Gasteiger charge is 2.29. The van der Waals surface area contributed by atoms with E-state index in [9.17, 15) is 13.6 Å². The Bertz CT molecular complexity index is 1090. The van der Waals surface area contributed by atoms with Gasteiger partial charge >= 0.3 is 0 Å². The molecule has 0 saturated carbocycles. The fourth-order valence-electron chi connectivity index (χ4n) is 3.90. The summed E-state index contributed by atoms with van der Waals surface area (Å²) < 4.78 is 38.6. The molecule has 0 N–H and O–H groups in total. The van der Waals surface area contributed by atoms with Crippen LogP contribution in [0, 0.1) is 11.6 Å². The number of halogens is 2. The van der Waals surface area contributed by atoms with Gasteiger partial charge in [0.1, 0.15) is 17.3 Å². The normalized spacial score (nSPS) is 14.8. The Kier molecular flexibility index (Phi) is 7.03. The third-order valence-corrected chi connectivity index (χ3v) is 5.97. The van der Waals surface area contributed by atoms with E-state index >= 15 is 0 Å². The predicted molar refractivity (Wildman–Crippen MR) is 121 cm³/mol. The quantitative estimate of drug-likeness (QED) is 0.507. The number of ether oxygens (including phenoxy) is 1. The van der Waals surface area contributed by atoms with E-state index in [4.69, 9.17) is 9.26 Å². The smallest absolute Gasteiger partial charge is 0.254 e. The maximum atomic E-state index is 13.8. The fraction of sp³-hybridized carbons (Fsp3) is 0.360. The standard InChI is InChI=1S/C25H27F2N3O3/c1-3-17(2)30(24(31)19-5-4-6-21(27)15-19)16-22-23(18-7-9-20(26)10-8-18)28-33-25(22)29-11-13-32-14-12-29/h4-10,15,17H,3,11-14,16H2,1-2H3/t17-/m0/s1. The number of benzene rings is 2. The molecule has 0 spiro atoms. The Morgan fingerprint density at radius 2 is 1.85 bits per heavy atom. The Balaban J connectivity index is 1.75. The monoisotopic (exact) mass is 455 g/mol. The SMILES string of the molecule is CC[C@H](C)N(Cc1c(-c2ccc(F)cc2)noc1N1CCOCC1)C(=O)c1cccc(F)c1. The van der Waals surface area contributed by atoms with Crippen molar-refractivity contribution in [2.75, 3.05) is 31.2 Å². The largest absolute Gasteiger partial charge is 0.378 e. The van der Waals surface area contributed by atoms with Gasteiger partial charge in [-0.25, -0.2) is 8.78 Å². The molecule has 0 aliphatic carbocycles. The van der Waals surface area contributed by atoms with E-state index in [1.807, 2.05) is 18.7 Å². The Morgan fingerprint density at radius 3 is 2.52 bits per heavy atom. The van der Waals surface area contributed by atoms with Gasteiger partial charge in [0, 0.05) is 30.3 Å². The lowest BCUT2D eigenvalue weighted by molar-refractivity contribution is 0.0671. The highest BCUT2D eigenvalue weighted by Crippen LogP contribution is 2.34. The van der Waals surface area contributed by atoms with Gasteiger partial charge in [-0.1, -0.05) is 18.1 Å². The first-order chi connectivity index (χ1) is 16.0. The lowest BCUT2D eigenvalue weighted by Gasteiger charge is -2.31. The van der Waals surface area contributed by atoms with E-state index in [2.05, 4.69) is 5.16 Å². The van der Waals surface area contributed by atoms with Gasteiger partial charge in [0.2, 0.25) is 5.88 Å². The van der Waals surface area contributed by atoms with Crippen molar-refractivity contribution < 1.29 is 22.8 Å². The third kappa shape index (κ3) is 5.06. The summed E-state index contributed by atoms with van der Waals surface area (Å²) >= 11 is 0. The molecule has 8 heteroatoms. The van der Waals surface area contributed by atoms with E-state index in [0.29, 0.717) is 49.9 Å². The van der Waals surface area contributed by atoms with Gasteiger partial charge in [-0.3, -0.25) is 4.79 Å². The molecule has 2 heterocycles. The molecule has 1 aliphatic heterocycles. The van der Waals surface area contributed by atoms with E-state index in [0.717, 1.165) is 5.56 Å². The molecule has 0 bridgehead atoms. The molecule has 0 unspecified atom stereocenters. The molecule has 1 atom stereocenters. The summed E-state index contributed by atoms with van der Waals surface area (Å²) in [5, 5.41) is 4.30. The van der Waals surface area contributed by atoms with Crippen molar-refractivity contribution >= 4 is 11.8 Å². The number of rotatable bonds is 7. The first kappa shape index (κ1) is 22.9. The minimum atomic E-state index is -0.462. The van der Waals surface area contributed by atoms with Crippen LogP contribution < -0.4 is 4.90 Å². The molecule has 2 aromatic carbocycles. The predicted octanol–water partition coefficient (Wildman–Crippen LogP) is 4.90. The number of anilines is 1. The maximum absolute atomic E-state index is 13.8. The second kappa shape index (κ2) is 10.1. The van der Waals surface area contributed by atoms with E-state index in [-0.39, 0.29) is 29.9 Å². The number of morpholine rings is 1. The van der Waals surface area contributed by atoms with Crippen molar-refractivity contribution in [2.24, 2.45) is 0 Å². The molecule has 0 radical (unpaired) electrons. The van der Waals surface area contributed by atoms with Crippen LogP contribution in [0.15, 0.2) is 53.1 Å². The van der Waals surface area contributed by atoms with Crippen LogP contribution in [0.1, 0.15) is 36.2 Å². The average Bonchev–Trinajstić information content (AvgIpc) is 3.26. The summed E-state index contributed by atoms with van der Waals surface area (Å²) in [4.78, 5) is 17.2. The van der Waals surface area contributed by atoms with Crippen LogP contribution >= 0.6 is 0 Å². The van der Waals surface area contributed by atoms with Crippen LogP contribution in [0.3, 0.4) is 0 Å². The van der Waals surface area contributed by atoms with Crippen LogP contribution in [-0.2, 0) is 11.3 Å². The van der Waals surface area contributed by atoms with E-state index < -0.39 is 5.82 Å². The molecule has 1 aromatic heterocycles. The maximum Gasteiger partial charge on any atom is 0.254 e. The van der Waals surface area contributed by atoms with Crippen molar-refractivity contribution in [1.29, 1.82) is 0 Å². The zero-order valence-corrected chi connectivity index (χ0v) is 18.8. The molecule has 1 aliphatic rings. The summed E-state index contributed by atoms with van der Waals surface area (Å²) in [5.41, 5.74) is 2.25. The first-order valence-corrected chi connectivity index (χ1v) is 11.1. The van der Waals surface area contributed by atoms with E-state index in [1.54, 1.807) is 23.1 Å². The van der Waals surface area contributed by atoms with Crippen molar-refractivity contribution in [3.8, 4) is 11.3 Å². The number of hydrogen-bond acceptors (Lipinski definition) is 5. The van der Waals surface area contributed by atoms with Gasteiger partial charge in [0.05, 0.1) is 25.3 Å². The fourth-order valence-corrected chi connectivity index (χ4v) is 3.90. The molecule has 4 rings (SSSR count). The Morgan fingerprint density at radius 1 is 1.12 bits per heavy atom. The molecule has 6 nitrogen and oxygen atoms in total. The first-order valence-electron chi connectivity index (χ1n) is 11.1. The number of nitrogens with zero attached hydrogens (tertiary/aromatic N) is 3. The van der Waals surface area contributed by atoms with Gasteiger partial charge in [0.25, 0.3) is 5.91 Å². The number of carbonyl (C=O) groups is 1. The van der Waals surface area contributed by atoms with Crippen molar-refractivity contribution in [3.05, 3.63) is 71.3 Å². The summed E-state index contributed by atoms with van der Waals surface area (Å²) in [5.74, 6) is -0.517. The summed E-state index contributed by atoms with van der Waals surface area (Å²) in [6, 6.07) is 11.6. The third-order valence-electron chi connectivity index (χ3n) is 5.97. The molecule has 33 heavy (non-hydrogen) atoms. The minimum absolute atomic E-state index is 0.116. The minimum Gasteiger partial charge on any atom is -0.378 e. The molecular formula is C25H27F2N3O3. The second-order valence-electron chi connectivity index (χ2n) is 8.12. The van der Waals surface area contributed by atoms with Crippen LogP contribution in [-0.4, -0.2) is 48.3 Å². The van der Waals surface area contributed by atoms with Gasteiger partial charge in [0.15, 0.2) is 0 Å². The zero-order valence-electron chi connectivity index (χ0n) is 18.8. The van der Waals surface area contributed by atoms with Gasteiger partial charge in [-0.05, 0) is 55.8 Å². The highest BCUT2D eigenvalue weighted by molar-refractivity contribution is 5.94. The average molecular weight is 456 g/mol. The zero-order chi connectivity index (χ0) is 23.4. The van der Waals surface area contributed by atoms with Crippen LogP contribution in [0.5, 0.6) is 0 Å². The van der Waals surface area contributed by atoms with Gasteiger partial charge < -0.3 is 19.1 Å². The lowest BCUT2D eigenvalue weighted by atomic mass is 10.0. The van der Waals surface area contributed by atoms with Crippen molar-refractivity contribution in [2.45, 2.75) is 32.9 Å². The van der Waals surface area contributed by atoms with Gasteiger partial charge in [-0.15, -0.1) is 0 Å². The number of hydrogen-bond donors (Lipinski definition) is 0. The van der Waals surface area contributed by atoms with Crippen LogP contribution in [0.25, 0.3) is 11.3 Å². The molecule has 1 fully saturated rings. The second-order valence-corrected chi connectivity index (χ2v) is 8.12. The van der Waals surface area contributed by atoms with Gasteiger partial charge in [-0.2, -0.15) is 0 Å². The molecule has 1 saturated heterocycles. The Labute approximate surface area is 191 Å². The molecule has 3 aromatic rings. The van der Waals surface area contributed by atoms with Crippen molar-refractivity contribution in [1.82, 2.24) is 10.1 Å². The topological polar surface area (TPSA) is 58.8 Å².